The molecule has 0 saturated carbocycles. The fourth-order valence-electron chi connectivity index (χ4n) is 2.01. The number of anilines is 1. The molecule has 112 valence electrons. The van der Waals surface area contributed by atoms with E-state index in [0.717, 1.165) is 6.07 Å². The monoisotopic (exact) mass is 301 g/mol. The van der Waals surface area contributed by atoms with Crippen molar-refractivity contribution in [1.82, 2.24) is 4.31 Å². The van der Waals surface area contributed by atoms with E-state index in [1.54, 1.807) is 0 Å². The lowest BCUT2D eigenvalue weighted by atomic mass is 10.2. The average Bonchev–Trinajstić information content (AvgIpc) is 2.39. The van der Waals surface area contributed by atoms with Crippen LogP contribution in [0.3, 0.4) is 0 Å². The van der Waals surface area contributed by atoms with Crippen LogP contribution in [0.1, 0.15) is 26.7 Å². The maximum absolute atomic E-state index is 12.5. The van der Waals surface area contributed by atoms with E-state index in [4.69, 9.17) is 5.73 Å². The maximum Gasteiger partial charge on any atom is 0.270 e. The van der Waals surface area contributed by atoms with E-state index in [1.807, 2.05) is 13.8 Å². The van der Waals surface area contributed by atoms with Crippen molar-refractivity contribution in [3.05, 3.63) is 28.3 Å². The second-order valence-corrected chi connectivity index (χ2v) is 6.44. The van der Waals surface area contributed by atoms with Gasteiger partial charge in [0.15, 0.2) is 0 Å². The molecule has 0 saturated heterocycles. The Balaban J connectivity index is 3.34. The summed E-state index contributed by atoms with van der Waals surface area (Å²) in [5.41, 5.74) is 5.38. The molecule has 1 rings (SSSR count). The van der Waals surface area contributed by atoms with Gasteiger partial charge in [-0.05, 0) is 18.9 Å². The first kappa shape index (κ1) is 16.4. The van der Waals surface area contributed by atoms with Gasteiger partial charge in [0, 0.05) is 25.2 Å². The summed E-state index contributed by atoms with van der Waals surface area (Å²) in [6.45, 7) is 3.77. The fourth-order valence-corrected chi connectivity index (χ4v) is 3.65. The first-order valence-corrected chi connectivity index (χ1v) is 7.71. The quantitative estimate of drug-likeness (QED) is 0.491. The summed E-state index contributed by atoms with van der Waals surface area (Å²) in [7, 11) is -2.38. The summed E-state index contributed by atoms with van der Waals surface area (Å²) in [6, 6.07) is 3.26. The van der Waals surface area contributed by atoms with Gasteiger partial charge in [0.25, 0.3) is 5.69 Å². The minimum Gasteiger partial charge on any atom is -0.398 e. The number of nitrogens with two attached hydrogens (primary N) is 1. The second-order valence-electron chi connectivity index (χ2n) is 4.47. The molecule has 0 aliphatic heterocycles. The first-order chi connectivity index (χ1) is 9.25. The fraction of sp³-hybridized carbons (Fsp3) is 0.500. The van der Waals surface area contributed by atoms with Crippen molar-refractivity contribution >= 4 is 21.4 Å². The number of rotatable bonds is 6. The molecular formula is C12H19N3O4S. The lowest BCUT2D eigenvalue weighted by Gasteiger charge is -2.25. The van der Waals surface area contributed by atoms with Gasteiger partial charge in [-0.15, -0.1) is 0 Å². The van der Waals surface area contributed by atoms with Crippen molar-refractivity contribution < 1.29 is 13.3 Å². The van der Waals surface area contributed by atoms with Crippen molar-refractivity contribution in [1.29, 1.82) is 0 Å². The highest BCUT2D eigenvalue weighted by Crippen LogP contribution is 2.28. The van der Waals surface area contributed by atoms with Crippen LogP contribution < -0.4 is 5.73 Å². The average molecular weight is 301 g/mol. The van der Waals surface area contributed by atoms with Gasteiger partial charge in [0.2, 0.25) is 10.0 Å². The Morgan fingerprint density at radius 1 is 1.35 bits per heavy atom. The highest BCUT2D eigenvalue weighted by atomic mass is 32.2. The summed E-state index contributed by atoms with van der Waals surface area (Å²) in [4.78, 5) is 9.90. The molecule has 0 bridgehead atoms. The number of hydrogen-bond acceptors (Lipinski definition) is 5. The third kappa shape index (κ3) is 3.07. The SMILES string of the molecule is CCC(CC)N(C)S(=O)(=O)c1cc([N+](=O)[O-])ccc1N. The lowest BCUT2D eigenvalue weighted by molar-refractivity contribution is -0.385. The Bertz CT molecular complexity index is 597. The van der Waals surface area contributed by atoms with Crippen molar-refractivity contribution in [2.75, 3.05) is 12.8 Å². The molecule has 0 aliphatic rings. The maximum atomic E-state index is 12.5. The van der Waals surface area contributed by atoms with E-state index in [0.29, 0.717) is 12.8 Å². The van der Waals surface area contributed by atoms with Crippen molar-refractivity contribution in [3.63, 3.8) is 0 Å². The van der Waals surface area contributed by atoms with E-state index in [9.17, 15) is 18.5 Å². The van der Waals surface area contributed by atoms with Gasteiger partial charge >= 0.3 is 0 Å². The summed E-state index contributed by atoms with van der Waals surface area (Å²) in [5.74, 6) is 0. The topological polar surface area (TPSA) is 107 Å². The van der Waals surface area contributed by atoms with E-state index in [2.05, 4.69) is 0 Å². The summed E-state index contributed by atoms with van der Waals surface area (Å²) in [6.07, 6.45) is 1.31. The number of nitrogen functional groups attached to an aromatic ring is 1. The molecule has 8 heteroatoms. The van der Waals surface area contributed by atoms with Gasteiger partial charge in [-0.1, -0.05) is 13.8 Å². The molecule has 0 amide bonds. The zero-order chi connectivity index (χ0) is 15.5. The van der Waals surface area contributed by atoms with Crippen LogP contribution in [0.25, 0.3) is 0 Å². The standard InChI is InChI=1S/C12H19N3O4S/c1-4-9(5-2)14(3)20(18,19)12-8-10(15(16)17)6-7-11(12)13/h6-9H,4-5,13H2,1-3H3. The Kier molecular flexibility index (Phi) is 5.07. The van der Waals surface area contributed by atoms with Crippen LogP contribution in [-0.4, -0.2) is 30.7 Å². The van der Waals surface area contributed by atoms with Crippen molar-refractivity contribution in [2.45, 2.75) is 37.6 Å². The predicted molar refractivity (Wildman–Crippen MR) is 76.8 cm³/mol. The predicted octanol–water partition coefficient (Wildman–Crippen LogP) is 1.99. The molecule has 2 N–H and O–H groups in total. The summed E-state index contributed by atoms with van der Waals surface area (Å²) < 4.78 is 26.2. The Hall–Kier alpha value is -1.67. The molecule has 1 aromatic rings. The zero-order valence-corrected chi connectivity index (χ0v) is 12.6. The van der Waals surface area contributed by atoms with Gasteiger partial charge in [0.1, 0.15) is 4.90 Å². The van der Waals surface area contributed by atoms with Crippen molar-refractivity contribution in [3.8, 4) is 0 Å². The van der Waals surface area contributed by atoms with Crippen LogP contribution in [-0.2, 0) is 10.0 Å². The molecule has 0 aliphatic carbocycles. The minimum atomic E-state index is -3.85. The molecule has 0 aromatic heterocycles. The number of nitro groups is 1. The van der Waals surface area contributed by atoms with Gasteiger partial charge in [0.05, 0.1) is 10.6 Å². The molecule has 0 fully saturated rings. The molecule has 0 unspecified atom stereocenters. The molecule has 0 radical (unpaired) electrons. The van der Waals surface area contributed by atoms with Crippen LogP contribution in [0.5, 0.6) is 0 Å². The highest BCUT2D eigenvalue weighted by Gasteiger charge is 2.29. The number of nitro benzene ring substituents is 1. The third-order valence-corrected chi connectivity index (χ3v) is 5.29. The molecule has 0 atom stereocenters. The van der Waals surface area contributed by atoms with Gasteiger partial charge in [-0.25, -0.2) is 8.42 Å². The number of nitrogens with zero attached hydrogens (tertiary/aromatic N) is 2. The summed E-state index contributed by atoms with van der Waals surface area (Å²) >= 11 is 0. The van der Waals surface area contributed by atoms with E-state index in [-0.39, 0.29) is 22.3 Å². The molecule has 20 heavy (non-hydrogen) atoms. The molecular weight excluding hydrogens is 282 g/mol. The van der Waals surface area contributed by atoms with Crippen molar-refractivity contribution in [2.24, 2.45) is 0 Å². The largest absolute Gasteiger partial charge is 0.398 e. The Morgan fingerprint density at radius 2 is 1.90 bits per heavy atom. The summed E-state index contributed by atoms with van der Waals surface area (Å²) in [5, 5.41) is 10.8. The van der Waals surface area contributed by atoms with E-state index in [1.165, 1.54) is 23.5 Å². The number of benzene rings is 1. The Morgan fingerprint density at radius 3 is 2.35 bits per heavy atom. The van der Waals surface area contributed by atoms with Gasteiger partial charge in [-0.3, -0.25) is 10.1 Å². The van der Waals surface area contributed by atoms with Gasteiger partial charge in [-0.2, -0.15) is 4.31 Å². The second kappa shape index (κ2) is 6.19. The lowest BCUT2D eigenvalue weighted by Crippen LogP contribution is -2.36. The van der Waals surface area contributed by atoms with Crippen LogP contribution in [0.15, 0.2) is 23.1 Å². The molecule has 0 heterocycles. The minimum absolute atomic E-state index is 0.00778. The molecule has 7 nitrogen and oxygen atoms in total. The zero-order valence-electron chi connectivity index (χ0n) is 11.7. The number of sulfonamides is 1. The van der Waals surface area contributed by atoms with Crippen LogP contribution >= 0.6 is 0 Å². The van der Waals surface area contributed by atoms with Crippen LogP contribution in [0.4, 0.5) is 11.4 Å². The van der Waals surface area contributed by atoms with E-state index >= 15 is 0 Å². The van der Waals surface area contributed by atoms with Crippen LogP contribution in [0, 0.1) is 10.1 Å². The molecule has 0 spiro atoms. The normalized spacial score (nSPS) is 12.1. The number of non-ortho nitro benzene ring substituents is 1. The molecule has 1 aromatic carbocycles. The Labute approximate surface area is 118 Å². The highest BCUT2D eigenvalue weighted by molar-refractivity contribution is 7.89. The van der Waals surface area contributed by atoms with E-state index < -0.39 is 14.9 Å². The third-order valence-electron chi connectivity index (χ3n) is 3.32. The van der Waals surface area contributed by atoms with Crippen LogP contribution in [0.2, 0.25) is 0 Å². The van der Waals surface area contributed by atoms with Gasteiger partial charge < -0.3 is 5.73 Å². The smallest absolute Gasteiger partial charge is 0.270 e. The first-order valence-electron chi connectivity index (χ1n) is 6.27. The number of hydrogen-bond donors (Lipinski definition) is 1.